The van der Waals surface area contributed by atoms with Crippen LogP contribution in [0.5, 0.6) is 0 Å². The van der Waals surface area contributed by atoms with Crippen LogP contribution in [0.3, 0.4) is 0 Å². The van der Waals surface area contributed by atoms with Gasteiger partial charge in [-0.2, -0.15) is 0 Å². The fourth-order valence-corrected chi connectivity index (χ4v) is 2.94. The van der Waals surface area contributed by atoms with Crippen molar-refractivity contribution >= 4 is 11.7 Å². The largest absolute Gasteiger partial charge is 0.481 e. The standard InChI is InChI=1S/C18H27NO2/c1-3-4-5-15-11-16(15)12-19-17-8-6-14(7-9-17)13(2)10-18(20)21/h6-9,13,15-16,19H,3-5,10-12H2,1-2H3,(H,20,21). The van der Waals surface area contributed by atoms with Crippen LogP contribution in [0.1, 0.15) is 57.4 Å². The summed E-state index contributed by atoms with van der Waals surface area (Å²) < 4.78 is 0. The number of hydrogen-bond acceptors (Lipinski definition) is 2. The molecule has 0 bridgehead atoms. The number of aliphatic carboxylic acids is 1. The van der Waals surface area contributed by atoms with E-state index in [9.17, 15) is 4.79 Å². The van der Waals surface area contributed by atoms with Gasteiger partial charge in [-0.05, 0) is 41.9 Å². The molecule has 3 atom stereocenters. The van der Waals surface area contributed by atoms with Crippen molar-refractivity contribution in [3.8, 4) is 0 Å². The third kappa shape index (κ3) is 5.07. The maximum atomic E-state index is 10.7. The monoisotopic (exact) mass is 289 g/mol. The Labute approximate surface area is 127 Å². The number of anilines is 1. The molecule has 0 saturated heterocycles. The van der Waals surface area contributed by atoms with Crippen LogP contribution in [0.4, 0.5) is 5.69 Å². The van der Waals surface area contributed by atoms with Gasteiger partial charge in [0.1, 0.15) is 0 Å². The lowest BCUT2D eigenvalue weighted by Crippen LogP contribution is -2.06. The molecule has 1 aromatic carbocycles. The zero-order valence-electron chi connectivity index (χ0n) is 13.1. The van der Waals surface area contributed by atoms with Gasteiger partial charge in [-0.25, -0.2) is 0 Å². The second-order valence-corrected chi connectivity index (χ2v) is 6.40. The Hall–Kier alpha value is -1.51. The summed E-state index contributed by atoms with van der Waals surface area (Å²) in [6.07, 6.45) is 5.60. The predicted molar refractivity (Wildman–Crippen MR) is 86.7 cm³/mol. The molecular formula is C18H27NO2. The van der Waals surface area contributed by atoms with E-state index >= 15 is 0 Å². The molecule has 1 aliphatic rings. The third-order valence-corrected chi connectivity index (χ3v) is 4.53. The summed E-state index contributed by atoms with van der Waals surface area (Å²) in [5.41, 5.74) is 2.23. The van der Waals surface area contributed by atoms with E-state index in [4.69, 9.17) is 5.11 Å². The van der Waals surface area contributed by atoms with Gasteiger partial charge in [0.05, 0.1) is 6.42 Å². The zero-order valence-corrected chi connectivity index (χ0v) is 13.1. The van der Waals surface area contributed by atoms with Crippen molar-refractivity contribution in [1.82, 2.24) is 0 Å². The molecule has 1 aromatic rings. The van der Waals surface area contributed by atoms with Crippen molar-refractivity contribution in [1.29, 1.82) is 0 Å². The first kappa shape index (κ1) is 15.9. The van der Waals surface area contributed by atoms with E-state index in [1.807, 2.05) is 19.1 Å². The predicted octanol–water partition coefficient (Wildman–Crippen LogP) is 4.50. The Kier molecular flexibility index (Phi) is 5.66. The molecule has 0 heterocycles. The van der Waals surface area contributed by atoms with Gasteiger partial charge >= 0.3 is 5.97 Å². The van der Waals surface area contributed by atoms with Crippen LogP contribution in [-0.4, -0.2) is 17.6 Å². The second kappa shape index (κ2) is 7.48. The minimum absolute atomic E-state index is 0.0680. The van der Waals surface area contributed by atoms with Gasteiger partial charge in [0.2, 0.25) is 0 Å². The number of nitrogens with one attached hydrogen (secondary N) is 1. The molecule has 0 radical (unpaired) electrons. The van der Waals surface area contributed by atoms with Gasteiger partial charge in [-0.1, -0.05) is 45.2 Å². The Morgan fingerprint density at radius 3 is 2.67 bits per heavy atom. The Bertz CT molecular complexity index is 455. The third-order valence-electron chi connectivity index (χ3n) is 4.53. The van der Waals surface area contributed by atoms with Crippen molar-refractivity contribution in [3.63, 3.8) is 0 Å². The second-order valence-electron chi connectivity index (χ2n) is 6.40. The van der Waals surface area contributed by atoms with Crippen LogP contribution in [0, 0.1) is 11.8 Å². The number of carbonyl (C=O) groups is 1. The molecular weight excluding hydrogens is 262 g/mol. The molecule has 0 aliphatic heterocycles. The lowest BCUT2D eigenvalue weighted by Gasteiger charge is -2.11. The molecule has 2 N–H and O–H groups in total. The summed E-state index contributed by atoms with van der Waals surface area (Å²) in [6, 6.07) is 8.21. The highest BCUT2D eigenvalue weighted by molar-refractivity contribution is 5.68. The highest BCUT2D eigenvalue weighted by atomic mass is 16.4. The van der Waals surface area contributed by atoms with Crippen LogP contribution < -0.4 is 5.32 Å². The normalized spacial score (nSPS) is 21.8. The van der Waals surface area contributed by atoms with Gasteiger partial charge in [0.15, 0.2) is 0 Å². The lowest BCUT2D eigenvalue weighted by atomic mass is 9.98. The lowest BCUT2D eigenvalue weighted by molar-refractivity contribution is -0.137. The number of benzene rings is 1. The first-order valence-electron chi connectivity index (χ1n) is 8.15. The fourth-order valence-electron chi connectivity index (χ4n) is 2.94. The Morgan fingerprint density at radius 1 is 1.33 bits per heavy atom. The van der Waals surface area contributed by atoms with Gasteiger partial charge in [0.25, 0.3) is 0 Å². The number of rotatable bonds is 9. The number of unbranched alkanes of at least 4 members (excludes halogenated alkanes) is 1. The smallest absolute Gasteiger partial charge is 0.303 e. The van der Waals surface area contributed by atoms with Crippen LogP contribution >= 0.6 is 0 Å². The number of carboxylic acids is 1. The van der Waals surface area contributed by atoms with Gasteiger partial charge < -0.3 is 10.4 Å². The molecule has 1 aliphatic carbocycles. The number of carboxylic acid groups (broad SMARTS) is 1. The molecule has 21 heavy (non-hydrogen) atoms. The van der Waals surface area contributed by atoms with Crippen LogP contribution in [-0.2, 0) is 4.79 Å². The molecule has 116 valence electrons. The molecule has 0 aromatic heterocycles. The molecule has 3 heteroatoms. The highest BCUT2D eigenvalue weighted by Crippen LogP contribution is 2.42. The maximum absolute atomic E-state index is 10.7. The van der Waals surface area contributed by atoms with Gasteiger partial charge in [-0.3, -0.25) is 4.79 Å². The molecule has 1 saturated carbocycles. The van der Waals surface area contributed by atoms with Gasteiger partial charge in [0, 0.05) is 12.2 Å². The summed E-state index contributed by atoms with van der Waals surface area (Å²) >= 11 is 0. The molecule has 3 nitrogen and oxygen atoms in total. The van der Waals surface area contributed by atoms with Crippen molar-refractivity contribution in [2.75, 3.05) is 11.9 Å². The van der Waals surface area contributed by atoms with Crippen LogP contribution in [0.25, 0.3) is 0 Å². The number of hydrogen-bond donors (Lipinski definition) is 2. The molecule has 2 rings (SSSR count). The fraction of sp³-hybridized carbons (Fsp3) is 0.611. The summed E-state index contributed by atoms with van der Waals surface area (Å²) in [7, 11) is 0. The van der Waals surface area contributed by atoms with E-state index in [1.165, 1.54) is 25.7 Å². The Balaban J connectivity index is 1.74. The molecule has 0 amide bonds. The summed E-state index contributed by atoms with van der Waals surface area (Å²) in [5.74, 6) is 1.12. The van der Waals surface area contributed by atoms with Crippen LogP contribution in [0.2, 0.25) is 0 Å². The van der Waals surface area contributed by atoms with E-state index in [1.54, 1.807) is 0 Å². The minimum Gasteiger partial charge on any atom is -0.481 e. The zero-order chi connectivity index (χ0) is 15.2. The summed E-state index contributed by atoms with van der Waals surface area (Å²) in [4.78, 5) is 10.7. The topological polar surface area (TPSA) is 49.3 Å². The molecule has 3 unspecified atom stereocenters. The summed E-state index contributed by atoms with van der Waals surface area (Å²) in [6.45, 7) is 5.28. The van der Waals surface area contributed by atoms with Crippen LogP contribution in [0.15, 0.2) is 24.3 Å². The Morgan fingerprint density at radius 2 is 2.05 bits per heavy atom. The summed E-state index contributed by atoms with van der Waals surface area (Å²) in [5, 5.41) is 12.3. The van der Waals surface area contributed by atoms with E-state index in [0.29, 0.717) is 0 Å². The van der Waals surface area contributed by atoms with E-state index in [0.717, 1.165) is 29.6 Å². The van der Waals surface area contributed by atoms with Crippen molar-refractivity contribution < 1.29 is 9.90 Å². The van der Waals surface area contributed by atoms with Crippen molar-refractivity contribution in [2.45, 2.75) is 51.9 Å². The molecule has 1 fully saturated rings. The van der Waals surface area contributed by atoms with Crippen molar-refractivity contribution in [3.05, 3.63) is 29.8 Å². The average molecular weight is 289 g/mol. The average Bonchev–Trinajstić information content (AvgIpc) is 3.21. The molecule has 0 spiro atoms. The first-order chi connectivity index (χ1) is 10.1. The quantitative estimate of drug-likeness (QED) is 0.703. The van der Waals surface area contributed by atoms with E-state index in [-0.39, 0.29) is 12.3 Å². The highest BCUT2D eigenvalue weighted by Gasteiger charge is 2.35. The maximum Gasteiger partial charge on any atom is 0.303 e. The minimum atomic E-state index is -0.739. The van der Waals surface area contributed by atoms with Crippen molar-refractivity contribution in [2.24, 2.45) is 11.8 Å². The van der Waals surface area contributed by atoms with E-state index in [2.05, 4.69) is 24.4 Å². The van der Waals surface area contributed by atoms with Gasteiger partial charge in [-0.15, -0.1) is 0 Å². The SMILES string of the molecule is CCCCC1CC1CNc1ccc(C(C)CC(=O)O)cc1. The van der Waals surface area contributed by atoms with E-state index < -0.39 is 5.97 Å². The first-order valence-corrected chi connectivity index (χ1v) is 8.15.